The summed E-state index contributed by atoms with van der Waals surface area (Å²) in [5, 5.41) is 0. The molecule has 0 N–H and O–H groups in total. The third kappa shape index (κ3) is 7.62. The highest BCUT2D eigenvalue weighted by Crippen LogP contribution is 2.32. The molecule has 0 radical (unpaired) electrons. The second kappa shape index (κ2) is 14.0. The number of halogens is 3. The molecule has 3 aromatic rings. The van der Waals surface area contributed by atoms with Gasteiger partial charge in [-0.25, -0.2) is 8.78 Å². The standard InChI is InChI=1S/C31H37F3O/c1-3-5-7-8-9-11-21-35-29-20-19-27(30(33)31(29)34)25-16-14-24(15-17-25)26-18-13-23(22-28(26)32)12-10-6-4-2/h13-20,22H,3-12,21H2,1-2H3. The van der Waals surface area contributed by atoms with Crippen molar-refractivity contribution in [2.45, 2.75) is 78.1 Å². The SMILES string of the molecule is CCCCCCCCOc1ccc(-c2ccc(-c3ccc(CCCCC)cc3F)cc2)c(F)c1F. The van der Waals surface area contributed by atoms with Crippen LogP contribution in [0.25, 0.3) is 22.3 Å². The lowest BCUT2D eigenvalue weighted by Crippen LogP contribution is -2.01. The second-order valence-electron chi connectivity index (χ2n) is 9.20. The van der Waals surface area contributed by atoms with Gasteiger partial charge in [0, 0.05) is 11.1 Å². The van der Waals surface area contributed by atoms with E-state index in [9.17, 15) is 13.2 Å². The van der Waals surface area contributed by atoms with Crippen molar-refractivity contribution in [2.24, 2.45) is 0 Å². The molecule has 0 saturated heterocycles. The molecule has 0 amide bonds. The molecule has 4 heteroatoms. The molecule has 0 aromatic heterocycles. The smallest absolute Gasteiger partial charge is 0.201 e. The van der Waals surface area contributed by atoms with Crippen LogP contribution in [0.3, 0.4) is 0 Å². The zero-order chi connectivity index (χ0) is 25.0. The molecular weight excluding hydrogens is 445 g/mol. The lowest BCUT2D eigenvalue weighted by molar-refractivity contribution is 0.285. The molecule has 0 aliphatic carbocycles. The van der Waals surface area contributed by atoms with Gasteiger partial charge in [0.25, 0.3) is 0 Å². The summed E-state index contributed by atoms with van der Waals surface area (Å²) in [6.45, 7) is 4.69. The first kappa shape index (κ1) is 26.8. The minimum Gasteiger partial charge on any atom is -0.490 e. The van der Waals surface area contributed by atoms with Crippen molar-refractivity contribution in [3.05, 3.63) is 77.6 Å². The highest BCUT2D eigenvalue weighted by atomic mass is 19.2. The molecule has 0 bridgehead atoms. The molecule has 0 heterocycles. The van der Waals surface area contributed by atoms with Crippen LogP contribution in [0.1, 0.15) is 77.2 Å². The first-order valence-electron chi connectivity index (χ1n) is 13.0. The number of aryl methyl sites for hydroxylation is 1. The monoisotopic (exact) mass is 482 g/mol. The molecule has 188 valence electrons. The van der Waals surface area contributed by atoms with E-state index in [1.54, 1.807) is 36.4 Å². The molecule has 0 unspecified atom stereocenters. The Morgan fingerprint density at radius 3 is 1.89 bits per heavy atom. The summed E-state index contributed by atoms with van der Waals surface area (Å²) in [6.07, 6.45) is 10.8. The molecule has 0 fully saturated rings. The zero-order valence-corrected chi connectivity index (χ0v) is 21.0. The van der Waals surface area contributed by atoms with Gasteiger partial charge >= 0.3 is 0 Å². The van der Waals surface area contributed by atoms with E-state index < -0.39 is 11.6 Å². The Morgan fingerprint density at radius 1 is 0.600 bits per heavy atom. The average Bonchev–Trinajstić information content (AvgIpc) is 2.86. The van der Waals surface area contributed by atoms with Crippen molar-refractivity contribution in [3.63, 3.8) is 0 Å². The van der Waals surface area contributed by atoms with Crippen molar-refractivity contribution >= 4 is 0 Å². The normalized spacial score (nSPS) is 11.1. The van der Waals surface area contributed by atoms with Gasteiger partial charge < -0.3 is 4.74 Å². The predicted octanol–water partition coefficient (Wildman–Crippen LogP) is 9.91. The maximum Gasteiger partial charge on any atom is 0.201 e. The number of hydrogen-bond acceptors (Lipinski definition) is 1. The number of hydrogen-bond donors (Lipinski definition) is 0. The van der Waals surface area contributed by atoms with Crippen LogP contribution in [0.4, 0.5) is 13.2 Å². The van der Waals surface area contributed by atoms with Crippen molar-refractivity contribution in [1.82, 2.24) is 0 Å². The summed E-state index contributed by atoms with van der Waals surface area (Å²) in [5.41, 5.74) is 2.89. The molecule has 0 atom stereocenters. The van der Waals surface area contributed by atoms with Gasteiger partial charge in [-0.15, -0.1) is 0 Å². The Hall–Kier alpha value is -2.75. The molecule has 3 aromatic carbocycles. The Balaban J connectivity index is 1.64. The predicted molar refractivity (Wildman–Crippen MR) is 139 cm³/mol. The first-order chi connectivity index (χ1) is 17.0. The first-order valence-corrected chi connectivity index (χ1v) is 13.0. The van der Waals surface area contributed by atoms with Crippen molar-refractivity contribution in [3.8, 4) is 28.0 Å². The third-order valence-corrected chi connectivity index (χ3v) is 6.41. The molecule has 3 rings (SSSR count). The van der Waals surface area contributed by atoms with Gasteiger partial charge in [0.2, 0.25) is 5.82 Å². The van der Waals surface area contributed by atoms with Crippen LogP contribution >= 0.6 is 0 Å². The quantitative estimate of drug-likeness (QED) is 0.208. The fraction of sp³-hybridized carbons (Fsp3) is 0.419. The van der Waals surface area contributed by atoms with Gasteiger partial charge in [0.15, 0.2) is 11.6 Å². The summed E-state index contributed by atoms with van der Waals surface area (Å²) in [5.74, 6) is -2.23. The second-order valence-corrected chi connectivity index (χ2v) is 9.20. The topological polar surface area (TPSA) is 9.23 Å². The van der Waals surface area contributed by atoms with Crippen LogP contribution < -0.4 is 4.74 Å². The maximum atomic E-state index is 14.8. The molecular formula is C31H37F3O. The molecule has 0 aliphatic rings. The number of unbranched alkanes of at least 4 members (excludes halogenated alkanes) is 7. The van der Waals surface area contributed by atoms with E-state index in [2.05, 4.69) is 13.8 Å². The van der Waals surface area contributed by atoms with E-state index in [1.807, 2.05) is 6.07 Å². The van der Waals surface area contributed by atoms with Gasteiger partial charge in [0.1, 0.15) is 5.82 Å². The number of ether oxygens (including phenoxy) is 1. The van der Waals surface area contributed by atoms with Gasteiger partial charge in [-0.2, -0.15) is 4.39 Å². The minimum absolute atomic E-state index is 0.0578. The van der Waals surface area contributed by atoms with Crippen molar-refractivity contribution in [2.75, 3.05) is 6.61 Å². The third-order valence-electron chi connectivity index (χ3n) is 6.41. The summed E-state index contributed by atoms with van der Waals surface area (Å²) >= 11 is 0. The van der Waals surface area contributed by atoms with Gasteiger partial charge in [-0.3, -0.25) is 0 Å². The van der Waals surface area contributed by atoms with Crippen molar-refractivity contribution in [1.29, 1.82) is 0 Å². The molecule has 0 saturated carbocycles. The lowest BCUT2D eigenvalue weighted by atomic mass is 9.97. The molecule has 1 nitrogen and oxygen atoms in total. The summed E-state index contributed by atoms with van der Waals surface area (Å²) < 4.78 is 49.6. The number of benzene rings is 3. The van der Waals surface area contributed by atoms with Crippen LogP contribution in [0.15, 0.2) is 54.6 Å². The fourth-order valence-electron chi connectivity index (χ4n) is 4.29. The van der Waals surface area contributed by atoms with Crippen molar-refractivity contribution < 1.29 is 17.9 Å². The van der Waals surface area contributed by atoms with Crippen LogP contribution in [0, 0.1) is 17.5 Å². The van der Waals surface area contributed by atoms with E-state index in [0.717, 1.165) is 50.5 Å². The fourth-order valence-corrected chi connectivity index (χ4v) is 4.29. The summed E-state index contributed by atoms with van der Waals surface area (Å²) in [6, 6.07) is 15.2. The van der Waals surface area contributed by atoms with Crippen LogP contribution in [-0.2, 0) is 6.42 Å². The summed E-state index contributed by atoms with van der Waals surface area (Å²) in [4.78, 5) is 0. The Bertz CT molecular complexity index is 1060. The molecule has 0 spiro atoms. The van der Waals surface area contributed by atoms with Crippen LogP contribution in [0.2, 0.25) is 0 Å². The largest absolute Gasteiger partial charge is 0.490 e. The van der Waals surface area contributed by atoms with E-state index in [-0.39, 0.29) is 17.1 Å². The zero-order valence-electron chi connectivity index (χ0n) is 21.0. The molecule has 0 aliphatic heterocycles. The van der Waals surface area contributed by atoms with Crippen LogP contribution in [-0.4, -0.2) is 6.61 Å². The number of rotatable bonds is 14. The highest BCUT2D eigenvalue weighted by molar-refractivity contribution is 5.71. The molecule has 35 heavy (non-hydrogen) atoms. The summed E-state index contributed by atoms with van der Waals surface area (Å²) in [7, 11) is 0. The van der Waals surface area contributed by atoms with E-state index >= 15 is 0 Å². The van der Waals surface area contributed by atoms with Gasteiger partial charge in [-0.05, 0) is 54.2 Å². The minimum atomic E-state index is -0.970. The maximum absolute atomic E-state index is 14.8. The lowest BCUT2D eigenvalue weighted by Gasteiger charge is -2.11. The van der Waals surface area contributed by atoms with E-state index in [4.69, 9.17) is 4.74 Å². The van der Waals surface area contributed by atoms with Gasteiger partial charge in [-0.1, -0.05) is 95.2 Å². The van der Waals surface area contributed by atoms with E-state index in [1.165, 1.54) is 31.4 Å². The van der Waals surface area contributed by atoms with E-state index in [0.29, 0.717) is 23.3 Å². The average molecular weight is 483 g/mol. The Morgan fingerprint density at radius 2 is 1.20 bits per heavy atom. The van der Waals surface area contributed by atoms with Gasteiger partial charge in [0.05, 0.1) is 6.61 Å². The Labute approximate surface area is 208 Å². The highest BCUT2D eigenvalue weighted by Gasteiger charge is 2.16. The van der Waals surface area contributed by atoms with Crippen LogP contribution in [0.5, 0.6) is 5.75 Å². The Kier molecular flexibility index (Phi) is 10.7.